The summed E-state index contributed by atoms with van der Waals surface area (Å²) < 4.78 is 12.4. The summed E-state index contributed by atoms with van der Waals surface area (Å²) in [5.74, 6) is 0.944. The van der Waals surface area contributed by atoms with Gasteiger partial charge in [0.05, 0.1) is 23.9 Å². The molecule has 0 spiro atoms. The highest BCUT2D eigenvalue weighted by molar-refractivity contribution is 7.19. The maximum Gasteiger partial charge on any atom is 0.303 e. The van der Waals surface area contributed by atoms with Crippen molar-refractivity contribution in [1.82, 2.24) is 4.98 Å². The molecule has 152 valence electrons. The van der Waals surface area contributed by atoms with Gasteiger partial charge < -0.3 is 14.6 Å². The van der Waals surface area contributed by atoms with E-state index in [0.717, 1.165) is 26.4 Å². The fourth-order valence-electron chi connectivity index (χ4n) is 2.84. The number of rotatable bonds is 9. The maximum absolute atomic E-state index is 11.2. The lowest BCUT2D eigenvalue weighted by atomic mass is 10.1. The van der Waals surface area contributed by atoms with Gasteiger partial charge in [-0.3, -0.25) is 4.79 Å². The molecule has 6 heteroatoms. The molecule has 2 aromatic carbocycles. The molecule has 29 heavy (non-hydrogen) atoms. The van der Waals surface area contributed by atoms with Gasteiger partial charge in [-0.15, -0.1) is 11.3 Å². The number of para-hydroxylation sites is 1. The topological polar surface area (TPSA) is 68.7 Å². The number of allylic oxidation sites excluding steroid dienone is 1. The van der Waals surface area contributed by atoms with Gasteiger partial charge in [-0.1, -0.05) is 32.0 Å². The Morgan fingerprint density at radius 2 is 1.97 bits per heavy atom. The number of aliphatic carboxylic acids is 1. The number of thiazole rings is 1. The van der Waals surface area contributed by atoms with Crippen molar-refractivity contribution in [2.45, 2.75) is 26.7 Å². The largest absolute Gasteiger partial charge is 0.493 e. The summed E-state index contributed by atoms with van der Waals surface area (Å²) in [5, 5.41) is 10.00. The molecule has 0 unspecified atom stereocenters. The number of ether oxygens (including phenoxy) is 2. The number of carbonyl (C=O) groups is 1. The van der Waals surface area contributed by atoms with Crippen molar-refractivity contribution in [3.05, 3.63) is 53.0 Å². The van der Waals surface area contributed by atoms with Gasteiger partial charge in [-0.05, 0) is 53.8 Å². The van der Waals surface area contributed by atoms with Gasteiger partial charge in [0.2, 0.25) is 0 Å². The van der Waals surface area contributed by atoms with Crippen molar-refractivity contribution in [2.24, 2.45) is 5.92 Å². The molecule has 0 atom stereocenters. The Hall–Kier alpha value is -2.86. The van der Waals surface area contributed by atoms with E-state index in [4.69, 9.17) is 19.6 Å². The van der Waals surface area contributed by atoms with Gasteiger partial charge in [0.25, 0.3) is 0 Å². The molecule has 0 saturated heterocycles. The van der Waals surface area contributed by atoms with Crippen LogP contribution in [0.3, 0.4) is 0 Å². The summed E-state index contributed by atoms with van der Waals surface area (Å²) in [4.78, 5) is 15.8. The second-order valence-electron chi connectivity index (χ2n) is 7.17. The van der Waals surface area contributed by atoms with Gasteiger partial charge in [-0.2, -0.15) is 0 Å². The van der Waals surface area contributed by atoms with E-state index in [2.05, 4.69) is 13.8 Å². The average Bonchev–Trinajstić information content (AvgIpc) is 3.13. The summed E-state index contributed by atoms with van der Waals surface area (Å²) in [5.41, 5.74) is 2.73. The molecule has 0 amide bonds. The van der Waals surface area contributed by atoms with E-state index < -0.39 is 5.97 Å². The first-order valence-corrected chi connectivity index (χ1v) is 10.4. The third kappa shape index (κ3) is 5.57. The van der Waals surface area contributed by atoms with E-state index in [1.807, 2.05) is 48.5 Å². The molecule has 3 rings (SSSR count). The third-order valence-electron chi connectivity index (χ3n) is 4.28. The van der Waals surface area contributed by atoms with Crippen LogP contribution in [-0.2, 0) is 4.79 Å². The molecule has 0 fully saturated rings. The molecule has 1 N–H and O–H groups in total. The first kappa shape index (κ1) is 20.9. The smallest absolute Gasteiger partial charge is 0.303 e. The number of aromatic nitrogens is 1. The van der Waals surface area contributed by atoms with Crippen molar-refractivity contribution < 1.29 is 19.4 Å². The lowest BCUT2D eigenvalue weighted by molar-refractivity contribution is -0.136. The van der Waals surface area contributed by atoms with Gasteiger partial charge >= 0.3 is 5.97 Å². The summed E-state index contributed by atoms with van der Waals surface area (Å²) in [6.45, 7) is 4.80. The number of nitrogens with zero attached hydrogens (tertiary/aromatic N) is 1. The van der Waals surface area contributed by atoms with Crippen LogP contribution in [0.15, 0.2) is 42.5 Å². The highest BCUT2D eigenvalue weighted by Crippen LogP contribution is 2.33. The average molecular weight is 412 g/mol. The van der Waals surface area contributed by atoms with Crippen LogP contribution in [0.4, 0.5) is 0 Å². The standard InChI is InChI=1S/C23H25NO4S/c1-15(2)14-28-19-10-8-16(13-20(19)27-3)12-17(9-11-22(25)26)23-24-18-6-4-5-7-21(18)29-23/h4-8,10,12-13,15H,9,11,14H2,1-3H3,(H,25,26). The van der Waals surface area contributed by atoms with Crippen LogP contribution >= 0.6 is 11.3 Å². The molecule has 0 saturated carbocycles. The van der Waals surface area contributed by atoms with E-state index in [0.29, 0.717) is 30.4 Å². The lowest BCUT2D eigenvalue weighted by Crippen LogP contribution is -2.05. The summed E-state index contributed by atoms with van der Waals surface area (Å²) in [6.07, 6.45) is 2.44. The van der Waals surface area contributed by atoms with Crippen LogP contribution < -0.4 is 9.47 Å². The van der Waals surface area contributed by atoms with Gasteiger partial charge in [0.1, 0.15) is 5.01 Å². The normalized spacial score (nSPS) is 11.8. The quantitative estimate of drug-likeness (QED) is 0.486. The Labute approximate surface area is 174 Å². The minimum Gasteiger partial charge on any atom is -0.493 e. The zero-order chi connectivity index (χ0) is 20.8. The highest BCUT2D eigenvalue weighted by Gasteiger charge is 2.12. The number of fused-ring (bicyclic) bond motifs is 1. The van der Waals surface area contributed by atoms with Crippen LogP contribution in [-0.4, -0.2) is 29.8 Å². The molecule has 3 aromatic rings. The maximum atomic E-state index is 11.2. The number of methoxy groups -OCH3 is 1. The van der Waals surface area contributed by atoms with Crippen LogP contribution in [0.25, 0.3) is 21.9 Å². The zero-order valence-corrected chi connectivity index (χ0v) is 17.7. The van der Waals surface area contributed by atoms with Crippen molar-refractivity contribution in [3.63, 3.8) is 0 Å². The van der Waals surface area contributed by atoms with Gasteiger partial charge in [-0.25, -0.2) is 4.98 Å². The number of carboxylic acid groups (broad SMARTS) is 1. The second-order valence-corrected chi connectivity index (χ2v) is 8.20. The first-order valence-electron chi connectivity index (χ1n) is 9.55. The van der Waals surface area contributed by atoms with Crippen molar-refractivity contribution in [1.29, 1.82) is 0 Å². The predicted octanol–water partition coefficient (Wildman–Crippen LogP) is 5.75. The molecular formula is C23H25NO4S. The summed E-state index contributed by atoms with van der Waals surface area (Å²) >= 11 is 1.57. The highest BCUT2D eigenvalue weighted by atomic mass is 32.1. The molecule has 0 aliphatic carbocycles. The number of carboxylic acids is 1. The monoisotopic (exact) mass is 411 g/mol. The van der Waals surface area contributed by atoms with Crippen LogP contribution in [0.2, 0.25) is 0 Å². The number of hydrogen-bond donors (Lipinski definition) is 1. The van der Waals surface area contributed by atoms with Gasteiger partial charge in [0.15, 0.2) is 11.5 Å². The van der Waals surface area contributed by atoms with Crippen molar-refractivity contribution in [2.75, 3.05) is 13.7 Å². The number of hydrogen-bond acceptors (Lipinski definition) is 5. The van der Waals surface area contributed by atoms with E-state index in [-0.39, 0.29) is 6.42 Å². The molecular weight excluding hydrogens is 386 g/mol. The Balaban J connectivity index is 1.95. The predicted molar refractivity (Wildman–Crippen MR) is 118 cm³/mol. The van der Waals surface area contributed by atoms with E-state index in [9.17, 15) is 4.79 Å². The van der Waals surface area contributed by atoms with E-state index >= 15 is 0 Å². The van der Waals surface area contributed by atoms with E-state index in [1.165, 1.54) is 0 Å². The van der Waals surface area contributed by atoms with Gasteiger partial charge in [0, 0.05) is 6.42 Å². The summed E-state index contributed by atoms with van der Waals surface area (Å²) in [7, 11) is 1.62. The minimum absolute atomic E-state index is 0.0501. The second kappa shape index (κ2) is 9.56. The Morgan fingerprint density at radius 1 is 1.17 bits per heavy atom. The third-order valence-corrected chi connectivity index (χ3v) is 5.39. The Morgan fingerprint density at radius 3 is 2.66 bits per heavy atom. The molecule has 1 aromatic heterocycles. The number of benzene rings is 2. The van der Waals surface area contributed by atoms with Crippen molar-refractivity contribution >= 4 is 39.2 Å². The summed E-state index contributed by atoms with van der Waals surface area (Å²) in [6, 6.07) is 13.7. The fraction of sp³-hybridized carbons (Fsp3) is 0.304. The molecule has 0 aliphatic rings. The first-order chi connectivity index (χ1) is 14.0. The lowest BCUT2D eigenvalue weighted by Gasteiger charge is -2.13. The van der Waals surface area contributed by atoms with E-state index in [1.54, 1.807) is 18.4 Å². The molecule has 0 aliphatic heterocycles. The van der Waals surface area contributed by atoms with Crippen LogP contribution in [0.5, 0.6) is 11.5 Å². The minimum atomic E-state index is -0.827. The molecule has 0 bridgehead atoms. The van der Waals surface area contributed by atoms with Crippen LogP contribution in [0, 0.1) is 5.92 Å². The Kier molecular flexibility index (Phi) is 6.88. The zero-order valence-electron chi connectivity index (χ0n) is 16.8. The SMILES string of the molecule is COc1cc(C=C(CCC(=O)O)c2nc3ccccc3s2)ccc1OCC(C)C. The molecule has 0 radical (unpaired) electrons. The molecule has 5 nitrogen and oxygen atoms in total. The fourth-order valence-corrected chi connectivity index (χ4v) is 3.85. The Bertz CT molecular complexity index is 990. The van der Waals surface area contributed by atoms with Crippen LogP contribution in [0.1, 0.15) is 37.3 Å². The van der Waals surface area contributed by atoms with Crippen molar-refractivity contribution in [3.8, 4) is 11.5 Å². The molecule has 1 heterocycles.